The molecule has 0 radical (unpaired) electrons. The number of hydrogen-bond donors (Lipinski definition) is 4. The number of benzene rings is 3. The van der Waals surface area contributed by atoms with Crippen LogP contribution < -0.4 is 21.3 Å². The summed E-state index contributed by atoms with van der Waals surface area (Å²) in [5.74, 6) is -1.25. The minimum absolute atomic E-state index is 0.121. The van der Waals surface area contributed by atoms with Crippen LogP contribution in [0.3, 0.4) is 0 Å². The van der Waals surface area contributed by atoms with Crippen LogP contribution in [0.25, 0.3) is 21.5 Å². The molecule has 0 aromatic heterocycles. The van der Waals surface area contributed by atoms with Gasteiger partial charge >= 0.3 is 0 Å². The Kier molecular flexibility index (Phi) is 22.7. The van der Waals surface area contributed by atoms with Crippen molar-refractivity contribution >= 4 is 45.2 Å². The van der Waals surface area contributed by atoms with Gasteiger partial charge in [-0.25, -0.2) is 0 Å². The fourth-order valence-electron chi connectivity index (χ4n) is 7.17. The summed E-state index contributed by atoms with van der Waals surface area (Å²) in [7, 11) is 0. The number of unbranched alkanes of at least 4 members (excludes halogenated alkanes) is 18. The highest BCUT2D eigenvalue weighted by atomic mass is 16.2. The molecule has 8 nitrogen and oxygen atoms in total. The number of rotatable bonds is 30. The van der Waals surface area contributed by atoms with Gasteiger partial charge in [-0.15, -0.1) is 0 Å². The average molecular weight is 743 g/mol. The predicted octanol–water partition coefficient (Wildman–Crippen LogP) is 10.1. The number of nitrogens with one attached hydrogen (secondary N) is 4. The SMILES string of the molecule is CCCCCCCCCCCCNC(=O)CCC(NC(=O)CNC(=O)c1c2ccccc2cc2ccccc12)C(=O)NCCCCCCCCCCCC. The molecule has 1 unspecified atom stereocenters. The zero-order valence-electron chi connectivity index (χ0n) is 33.6. The van der Waals surface area contributed by atoms with Crippen molar-refractivity contribution in [3.8, 4) is 0 Å². The van der Waals surface area contributed by atoms with Crippen LogP contribution in [0.1, 0.15) is 165 Å². The van der Waals surface area contributed by atoms with Gasteiger partial charge in [-0.3, -0.25) is 19.2 Å². The van der Waals surface area contributed by atoms with E-state index < -0.39 is 11.9 Å². The lowest BCUT2D eigenvalue weighted by molar-refractivity contribution is -0.129. The molecule has 0 spiro atoms. The van der Waals surface area contributed by atoms with Gasteiger partial charge in [0.2, 0.25) is 17.7 Å². The molecule has 54 heavy (non-hydrogen) atoms. The highest BCUT2D eigenvalue weighted by Crippen LogP contribution is 2.28. The maximum atomic E-state index is 13.6. The first-order chi connectivity index (χ1) is 26.4. The van der Waals surface area contributed by atoms with Crippen molar-refractivity contribution in [1.29, 1.82) is 0 Å². The van der Waals surface area contributed by atoms with E-state index in [1.54, 1.807) is 0 Å². The standard InChI is InChI=1S/C46H70N4O4/c1-3-5-7-9-11-13-15-17-19-25-33-47-42(51)32-31-41(45(53)48-34-26-20-18-16-14-12-10-8-6-4-2)50-43(52)36-49-46(54)44-39-29-23-21-27-37(39)35-38-28-22-24-30-40(38)44/h21-24,27-30,35,41H,3-20,25-26,31-34,36H2,1-2H3,(H,47,51)(H,48,53)(H,49,54)(H,50,52). The van der Waals surface area contributed by atoms with Crippen molar-refractivity contribution in [2.45, 2.75) is 161 Å². The minimum atomic E-state index is -0.876. The van der Waals surface area contributed by atoms with E-state index in [4.69, 9.17) is 0 Å². The normalized spacial score (nSPS) is 11.7. The molecule has 8 heteroatoms. The van der Waals surface area contributed by atoms with Gasteiger partial charge in [0.25, 0.3) is 5.91 Å². The van der Waals surface area contributed by atoms with Gasteiger partial charge in [0.05, 0.1) is 12.1 Å². The number of amides is 4. The number of fused-ring (bicyclic) bond motifs is 2. The molecule has 1 atom stereocenters. The molecule has 0 aliphatic carbocycles. The molecule has 0 heterocycles. The minimum Gasteiger partial charge on any atom is -0.356 e. The number of hydrogen-bond acceptors (Lipinski definition) is 4. The summed E-state index contributed by atoms with van der Waals surface area (Å²) in [4.78, 5) is 52.8. The van der Waals surface area contributed by atoms with Crippen molar-refractivity contribution in [1.82, 2.24) is 21.3 Å². The molecule has 4 amide bonds. The van der Waals surface area contributed by atoms with Gasteiger partial charge in [-0.1, -0.05) is 178 Å². The van der Waals surface area contributed by atoms with Gasteiger partial charge in [0, 0.05) is 19.5 Å². The van der Waals surface area contributed by atoms with Crippen molar-refractivity contribution in [2.75, 3.05) is 19.6 Å². The topological polar surface area (TPSA) is 116 Å². The van der Waals surface area contributed by atoms with E-state index in [1.165, 1.54) is 96.3 Å². The molecule has 298 valence electrons. The Morgan fingerprint density at radius 2 is 0.963 bits per heavy atom. The highest BCUT2D eigenvalue weighted by Gasteiger charge is 2.23. The summed E-state index contributed by atoms with van der Waals surface area (Å²) in [6.07, 6.45) is 24.7. The Morgan fingerprint density at radius 3 is 1.46 bits per heavy atom. The van der Waals surface area contributed by atoms with Crippen LogP contribution in [0.15, 0.2) is 54.6 Å². The fraction of sp³-hybridized carbons (Fsp3) is 0.609. The van der Waals surface area contributed by atoms with Gasteiger partial charge in [0.15, 0.2) is 0 Å². The Bertz CT molecular complexity index is 1490. The fourth-order valence-corrected chi connectivity index (χ4v) is 7.17. The molecule has 3 rings (SSSR count). The largest absolute Gasteiger partial charge is 0.356 e. The Hall–Kier alpha value is -3.94. The van der Waals surface area contributed by atoms with Crippen molar-refractivity contribution in [3.05, 3.63) is 60.2 Å². The third kappa shape index (κ3) is 17.5. The molecule has 0 aliphatic heterocycles. The van der Waals surface area contributed by atoms with Crippen LogP contribution in [0.2, 0.25) is 0 Å². The quantitative estimate of drug-likeness (QED) is 0.0402. The monoisotopic (exact) mass is 743 g/mol. The first-order valence-corrected chi connectivity index (χ1v) is 21.5. The van der Waals surface area contributed by atoms with Crippen LogP contribution in [-0.2, 0) is 14.4 Å². The van der Waals surface area contributed by atoms with E-state index in [0.717, 1.165) is 53.6 Å². The Morgan fingerprint density at radius 1 is 0.519 bits per heavy atom. The summed E-state index contributed by atoms with van der Waals surface area (Å²) in [6.45, 7) is 5.33. The summed E-state index contributed by atoms with van der Waals surface area (Å²) in [5, 5.41) is 15.1. The van der Waals surface area contributed by atoms with Gasteiger partial charge in [-0.2, -0.15) is 0 Å². The maximum absolute atomic E-state index is 13.6. The first-order valence-electron chi connectivity index (χ1n) is 21.5. The molecule has 0 bridgehead atoms. The Balaban J connectivity index is 1.47. The maximum Gasteiger partial charge on any atom is 0.252 e. The molecule has 0 saturated heterocycles. The van der Waals surface area contributed by atoms with Crippen molar-refractivity contribution in [2.24, 2.45) is 0 Å². The van der Waals surface area contributed by atoms with Gasteiger partial charge in [0.1, 0.15) is 6.04 Å². The highest BCUT2D eigenvalue weighted by molar-refractivity contribution is 6.18. The molecule has 0 aliphatic rings. The van der Waals surface area contributed by atoms with Crippen LogP contribution in [0, 0.1) is 0 Å². The first kappa shape index (κ1) is 44.5. The number of carbonyl (C=O) groups excluding carboxylic acids is 4. The third-order valence-corrected chi connectivity index (χ3v) is 10.4. The van der Waals surface area contributed by atoms with Crippen LogP contribution >= 0.6 is 0 Å². The van der Waals surface area contributed by atoms with Crippen molar-refractivity contribution < 1.29 is 19.2 Å². The summed E-state index contributed by atoms with van der Waals surface area (Å²) < 4.78 is 0. The molecule has 3 aromatic carbocycles. The summed E-state index contributed by atoms with van der Waals surface area (Å²) in [5.41, 5.74) is 0.515. The molecular formula is C46H70N4O4. The van der Waals surface area contributed by atoms with Gasteiger partial charge in [-0.05, 0) is 46.9 Å². The van der Waals surface area contributed by atoms with Crippen LogP contribution in [-0.4, -0.2) is 49.3 Å². The van der Waals surface area contributed by atoms with Crippen LogP contribution in [0.4, 0.5) is 0 Å². The summed E-state index contributed by atoms with van der Waals surface area (Å²) in [6, 6.07) is 16.6. The Labute approximate surface area is 325 Å². The lowest BCUT2D eigenvalue weighted by Crippen LogP contribution is -2.50. The average Bonchev–Trinajstić information content (AvgIpc) is 3.18. The molecule has 3 aromatic rings. The molecular weight excluding hydrogens is 673 g/mol. The molecule has 0 fully saturated rings. The second-order valence-corrected chi connectivity index (χ2v) is 15.0. The van der Waals surface area contributed by atoms with E-state index in [-0.39, 0.29) is 37.1 Å². The molecule has 4 N–H and O–H groups in total. The smallest absolute Gasteiger partial charge is 0.252 e. The van der Waals surface area contributed by atoms with E-state index >= 15 is 0 Å². The van der Waals surface area contributed by atoms with Gasteiger partial charge < -0.3 is 21.3 Å². The number of carbonyl (C=O) groups is 4. The van der Waals surface area contributed by atoms with Crippen LogP contribution in [0.5, 0.6) is 0 Å². The van der Waals surface area contributed by atoms with E-state index in [2.05, 4.69) is 41.2 Å². The summed E-state index contributed by atoms with van der Waals surface area (Å²) >= 11 is 0. The van der Waals surface area contributed by atoms with E-state index in [0.29, 0.717) is 18.7 Å². The van der Waals surface area contributed by atoms with Crippen molar-refractivity contribution in [3.63, 3.8) is 0 Å². The molecule has 0 saturated carbocycles. The predicted molar refractivity (Wildman–Crippen MR) is 225 cm³/mol. The second kappa shape index (κ2) is 27.6. The zero-order valence-corrected chi connectivity index (χ0v) is 33.6. The lowest BCUT2D eigenvalue weighted by atomic mass is 9.96. The van der Waals surface area contributed by atoms with E-state index in [1.807, 2.05) is 48.5 Å². The zero-order chi connectivity index (χ0) is 38.6. The lowest BCUT2D eigenvalue weighted by Gasteiger charge is -2.19. The van der Waals surface area contributed by atoms with E-state index in [9.17, 15) is 19.2 Å². The second-order valence-electron chi connectivity index (χ2n) is 15.0. The third-order valence-electron chi connectivity index (χ3n) is 10.4.